The molecule has 0 atom stereocenters. The van der Waals surface area contributed by atoms with Crippen molar-refractivity contribution in [3.63, 3.8) is 0 Å². The zero-order chi connectivity index (χ0) is 23.1. The predicted octanol–water partition coefficient (Wildman–Crippen LogP) is 6.65. The van der Waals surface area contributed by atoms with Crippen LogP contribution in [-0.4, -0.2) is 12.6 Å². The fourth-order valence-electron chi connectivity index (χ4n) is 3.41. The summed E-state index contributed by atoms with van der Waals surface area (Å²) in [5.41, 5.74) is 9.11. The number of nitrogen functional groups attached to an aromatic ring is 1. The minimum atomic E-state index is -0.248. The van der Waals surface area contributed by atoms with Crippen LogP contribution in [0.3, 0.4) is 0 Å². The number of benzene rings is 3. The summed E-state index contributed by atoms with van der Waals surface area (Å²) in [4.78, 5) is 23.9. The van der Waals surface area contributed by atoms with Crippen LogP contribution in [0.5, 0.6) is 0 Å². The van der Waals surface area contributed by atoms with Crippen molar-refractivity contribution < 1.29 is 9.53 Å². The van der Waals surface area contributed by atoms with E-state index in [0.717, 1.165) is 50.6 Å². The number of esters is 1. The van der Waals surface area contributed by atoms with Crippen LogP contribution in [0.15, 0.2) is 65.5 Å². The van der Waals surface area contributed by atoms with Gasteiger partial charge >= 0.3 is 5.97 Å². The van der Waals surface area contributed by atoms with E-state index >= 15 is 0 Å². The summed E-state index contributed by atoms with van der Waals surface area (Å²) >= 11 is 1.67. The van der Waals surface area contributed by atoms with Crippen molar-refractivity contribution in [3.05, 3.63) is 87.6 Å². The van der Waals surface area contributed by atoms with Crippen molar-refractivity contribution in [2.24, 2.45) is 0 Å². The standard InChI is InChI=1S/C14H21NO2.C13H8OS/c1-4-5-6-9-17-14(16)12-7-8-13(15)11(3)10(12)2;14-13-9-5-1-3-7-11(9)15-12-8-4-2-6-10(12)13/h7-8H,4-6,9,15H2,1-3H3;1-8H. The lowest BCUT2D eigenvalue weighted by molar-refractivity contribution is 0.0497. The molecule has 1 heterocycles. The topological polar surface area (TPSA) is 69.4 Å². The van der Waals surface area contributed by atoms with Gasteiger partial charge in [-0.1, -0.05) is 44.0 Å². The third kappa shape index (κ3) is 5.35. The Morgan fingerprint density at radius 2 is 1.47 bits per heavy atom. The molecule has 0 saturated heterocycles. The number of fused-ring (bicyclic) bond motifs is 2. The van der Waals surface area contributed by atoms with Gasteiger partial charge < -0.3 is 10.5 Å². The highest BCUT2D eigenvalue weighted by atomic mass is 32.1. The second-order valence-electron chi connectivity index (χ2n) is 7.72. The van der Waals surface area contributed by atoms with Crippen LogP contribution >= 0.6 is 11.3 Å². The normalized spacial score (nSPS) is 10.6. The Hall–Kier alpha value is -3.18. The first-order valence-electron chi connectivity index (χ1n) is 10.9. The molecule has 166 valence electrons. The van der Waals surface area contributed by atoms with Crippen molar-refractivity contribution in [1.29, 1.82) is 0 Å². The Balaban J connectivity index is 0.000000181. The zero-order valence-electron chi connectivity index (χ0n) is 18.8. The van der Waals surface area contributed by atoms with E-state index in [4.69, 9.17) is 10.5 Å². The van der Waals surface area contributed by atoms with Gasteiger partial charge in [-0.3, -0.25) is 4.79 Å². The first-order valence-corrected chi connectivity index (χ1v) is 11.7. The van der Waals surface area contributed by atoms with Crippen molar-refractivity contribution in [2.45, 2.75) is 40.0 Å². The second kappa shape index (κ2) is 10.9. The smallest absolute Gasteiger partial charge is 0.338 e. The molecule has 0 radical (unpaired) electrons. The molecule has 0 aliphatic heterocycles. The van der Waals surface area contributed by atoms with Gasteiger partial charge in [0, 0.05) is 25.9 Å². The molecule has 4 rings (SSSR count). The minimum absolute atomic E-state index is 0.139. The van der Waals surface area contributed by atoms with Crippen LogP contribution in [0.2, 0.25) is 0 Å². The number of carbonyl (C=O) groups is 1. The molecule has 0 amide bonds. The quantitative estimate of drug-likeness (QED) is 0.161. The number of anilines is 1. The number of ether oxygens (including phenoxy) is 1. The van der Waals surface area contributed by atoms with Crippen LogP contribution in [0, 0.1) is 13.8 Å². The summed E-state index contributed by atoms with van der Waals surface area (Å²) < 4.78 is 7.34. The summed E-state index contributed by atoms with van der Waals surface area (Å²) in [7, 11) is 0. The maximum absolute atomic E-state index is 12.1. The van der Waals surface area contributed by atoms with E-state index in [0.29, 0.717) is 17.9 Å². The van der Waals surface area contributed by atoms with Crippen LogP contribution in [0.1, 0.15) is 47.7 Å². The van der Waals surface area contributed by atoms with E-state index in [1.54, 1.807) is 23.5 Å². The monoisotopic (exact) mass is 447 g/mol. The first-order chi connectivity index (χ1) is 15.4. The Kier molecular flexibility index (Phi) is 8.01. The second-order valence-corrected chi connectivity index (χ2v) is 8.80. The van der Waals surface area contributed by atoms with E-state index in [1.165, 1.54) is 0 Å². The highest BCUT2D eigenvalue weighted by Gasteiger charge is 2.12. The molecular formula is C27H29NO3S. The summed E-state index contributed by atoms with van der Waals surface area (Å²) in [5, 5.41) is 1.64. The highest BCUT2D eigenvalue weighted by molar-refractivity contribution is 7.24. The molecule has 0 spiro atoms. The van der Waals surface area contributed by atoms with Crippen molar-refractivity contribution in [3.8, 4) is 0 Å². The average molecular weight is 448 g/mol. The van der Waals surface area contributed by atoms with E-state index in [2.05, 4.69) is 6.92 Å². The third-order valence-corrected chi connectivity index (χ3v) is 6.67. The van der Waals surface area contributed by atoms with Gasteiger partial charge in [-0.2, -0.15) is 0 Å². The molecule has 4 aromatic rings. The van der Waals surface area contributed by atoms with Gasteiger partial charge in [0.25, 0.3) is 0 Å². The molecule has 0 aliphatic carbocycles. The largest absolute Gasteiger partial charge is 0.462 e. The lowest BCUT2D eigenvalue weighted by Crippen LogP contribution is -2.09. The SMILES string of the molecule is CCCCCOC(=O)c1ccc(N)c(C)c1C.O=c1c2ccccc2sc2ccccc12. The number of hydrogen-bond acceptors (Lipinski definition) is 5. The molecule has 5 heteroatoms. The summed E-state index contributed by atoms with van der Waals surface area (Å²) in [5.74, 6) is -0.248. The first kappa shape index (κ1) is 23.5. The van der Waals surface area contributed by atoms with Crippen LogP contribution in [-0.2, 0) is 4.74 Å². The number of unbranched alkanes of at least 4 members (excludes halogenated alkanes) is 2. The van der Waals surface area contributed by atoms with Gasteiger partial charge in [0.2, 0.25) is 0 Å². The van der Waals surface area contributed by atoms with Crippen molar-refractivity contribution >= 4 is 43.2 Å². The van der Waals surface area contributed by atoms with Gasteiger partial charge in [-0.25, -0.2) is 4.79 Å². The summed E-state index contributed by atoms with van der Waals surface area (Å²) in [6.07, 6.45) is 3.14. The highest BCUT2D eigenvalue weighted by Crippen LogP contribution is 2.23. The van der Waals surface area contributed by atoms with Crippen LogP contribution in [0.25, 0.3) is 20.2 Å². The van der Waals surface area contributed by atoms with Crippen LogP contribution < -0.4 is 11.2 Å². The van der Waals surface area contributed by atoms with Gasteiger partial charge in [0.05, 0.1) is 12.2 Å². The molecular weight excluding hydrogens is 418 g/mol. The maximum atomic E-state index is 12.1. The number of carbonyl (C=O) groups excluding carboxylic acids is 1. The Morgan fingerprint density at radius 3 is 2.06 bits per heavy atom. The maximum Gasteiger partial charge on any atom is 0.338 e. The molecule has 0 unspecified atom stereocenters. The fourth-order valence-corrected chi connectivity index (χ4v) is 4.48. The molecule has 1 aromatic heterocycles. The minimum Gasteiger partial charge on any atom is -0.462 e. The molecule has 32 heavy (non-hydrogen) atoms. The fraction of sp³-hybridized carbons (Fsp3) is 0.259. The van der Waals surface area contributed by atoms with Crippen LogP contribution in [0.4, 0.5) is 5.69 Å². The van der Waals surface area contributed by atoms with Gasteiger partial charge in [-0.15, -0.1) is 11.3 Å². The zero-order valence-corrected chi connectivity index (χ0v) is 19.6. The Bertz CT molecular complexity index is 1240. The Morgan fingerprint density at radius 1 is 0.875 bits per heavy atom. The lowest BCUT2D eigenvalue weighted by atomic mass is 10.0. The van der Waals surface area contributed by atoms with E-state index in [9.17, 15) is 9.59 Å². The lowest BCUT2D eigenvalue weighted by Gasteiger charge is -2.10. The van der Waals surface area contributed by atoms with Crippen molar-refractivity contribution in [2.75, 3.05) is 12.3 Å². The average Bonchev–Trinajstić information content (AvgIpc) is 2.81. The summed E-state index contributed by atoms with van der Waals surface area (Å²) in [6.45, 7) is 6.43. The number of rotatable bonds is 5. The van der Waals surface area contributed by atoms with Gasteiger partial charge in [0.1, 0.15) is 0 Å². The summed E-state index contributed by atoms with van der Waals surface area (Å²) in [6, 6.07) is 19.0. The van der Waals surface area contributed by atoms with Gasteiger partial charge in [0.15, 0.2) is 5.43 Å². The Labute approximate surface area is 192 Å². The van der Waals surface area contributed by atoms with E-state index in [-0.39, 0.29) is 11.4 Å². The molecule has 0 saturated carbocycles. The molecule has 0 fully saturated rings. The molecule has 3 aromatic carbocycles. The molecule has 0 aliphatic rings. The predicted molar refractivity (Wildman–Crippen MR) is 136 cm³/mol. The van der Waals surface area contributed by atoms with E-state index in [1.807, 2.05) is 62.4 Å². The molecule has 2 N–H and O–H groups in total. The van der Waals surface area contributed by atoms with Crippen molar-refractivity contribution in [1.82, 2.24) is 0 Å². The third-order valence-electron chi connectivity index (χ3n) is 5.51. The van der Waals surface area contributed by atoms with E-state index < -0.39 is 0 Å². The number of hydrogen-bond donors (Lipinski definition) is 1. The number of nitrogens with two attached hydrogens (primary N) is 1. The molecule has 4 nitrogen and oxygen atoms in total. The molecule has 0 bridgehead atoms. The van der Waals surface area contributed by atoms with Gasteiger partial charge in [-0.05, 0) is 67.8 Å².